The summed E-state index contributed by atoms with van der Waals surface area (Å²) in [5, 5.41) is 9.76. The number of ether oxygens (including phenoxy) is 1. The molecule has 0 bridgehead atoms. The third kappa shape index (κ3) is 3.91. The highest BCUT2D eigenvalue weighted by atomic mass is 127. The number of methoxy groups -OCH3 is 1. The molecule has 0 aliphatic carbocycles. The number of nitrogens with one attached hydrogen (secondary N) is 1. The van der Waals surface area contributed by atoms with Gasteiger partial charge in [-0.15, -0.1) is 0 Å². The van der Waals surface area contributed by atoms with E-state index in [1.165, 1.54) is 7.11 Å². The molecule has 2 atom stereocenters. The van der Waals surface area contributed by atoms with Gasteiger partial charge in [0, 0.05) is 6.42 Å². The first-order chi connectivity index (χ1) is 11.7. The monoisotopic (exact) mass is 484 g/mol. The van der Waals surface area contributed by atoms with Crippen molar-refractivity contribution in [3.63, 3.8) is 0 Å². The van der Waals surface area contributed by atoms with Crippen LogP contribution in [-0.4, -0.2) is 43.8 Å². The van der Waals surface area contributed by atoms with E-state index >= 15 is 0 Å². The predicted octanol–water partition coefficient (Wildman–Crippen LogP) is 0.972. The van der Waals surface area contributed by atoms with Crippen molar-refractivity contribution in [1.82, 2.24) is 9.29 Å². The Balaban J connectivity index is 2.81. The van der Waals surface area contributed by atoms with Crippen LogP contribution in [-0.2, 0) is 10.0 Å². The Labute approximate surface area is 159 Å². The Hall–Kier alpha value is -0.980. The molecule has 1 unspecified atom stereocenters. The van der Waals surface area contributed by atoms with E-state index < -0.39 is 27.5 Å². The lowest BCUT2D eigenvalue weighted by atomic mass is 10.1. The number of aliphatic hydroxyl groups is 1. The highest BCUT2D eigenvalue weighted by Gasteiger charge is 2.39. The fourth-order valence-electron chi connectivity index (χ4n) is 3.16. The molecular weight excluding hydrogens is 463 g/mol. The number of aromatic nitrogens is 1. The first-order valence-corrected chi connectivity index (χ1v) is 10.8. The third-order valence-corrected chi connectivity index (χ3v) is 5.82. The zero-order chi connectivity index (χ0) is 18.9. The van der Waals surface area contributed by atoms with Crippen molar-refractivity contribution in [3.05, 3.63) is 25.2 Å². The molecule has 0 amide bonds. The summed E-state index contributed by atoms with van der Waals surface area (Å²) in [6.07, 6.45) is 2.09. The summed E-state index contributed by atoms with van der Waals surface area (Å²) in [6, 6.07) is -1.21. The maximum Gasteiger partial charge on any atom is 0.237 e. The van der Waals surface area contributed by atoms with Gasteiger partial charge in [0.2, 0.25) is 15.5 Å². The van der Waals surface area contributed by atoms with Gasteiger partial charge in [-0.3, -0.25) is 9.59 Å². The van der Waals surface area contributed by atoms with Crippen molar-refractivity contribution < 1.29 is 23.1 Å². The van der Waals surface area contributed by atoms with Crippen LogP contribution in [0.2, 0.25) is 0 Å². The zero-order valence-corrected chi connectivity index (χ0v) is 17.2. The molecule has 0 spiro atoms. The predicted molar refractivity (Wildman–Crippen MR) is 101 cm³/mol. The van der Waals surface area contributed by atoms with Crippen LogP contribution in [0.1, 0.15) is 54.5 Å². The molecule has 0 fully saturated rings. The van der Waals surface area contributed by atoms with Crippen LogP contribution in [0.4, 0.5) is 0 Å². The Kier molecular flexibility index (Phi) is 6.28. The maximum atomic E-state index is 12.7. The molecule has 1 aromatic rings. The molecule has 8 nitrogen and oxygen atoms in total. The highest BCUT2D eigenvalue weighted by Crippen LogP contribution is 2.40. The maximum absolute atomic E-state index is 12.7. The molecule has 25 heavy (non-hydrogen) atoms. The summed E-state index contributed by atoms with van der Waals surface area (Å²) < 4.78 is 32.9. The summed E-state index contributed by atoms with van der Waals surface area (Å²) in [7, 11) is -2.22. The van der Waals surface area contributed by atoms with E-state index in [9.17, 15) is 23.1 Å². The van der Waals surface area contributed by atoms with E-state index in [4.69, 9.17) is 4.74 Å². The number of aliphatic hydroxyl groups excluding tert-OH is 1. The first-order valence-electron chi connectivity index (χ1n) is 7.79. The van der Waals surface area contributed by atoms with Crippen LogP contribution in [0.15, 0.2) is 4.79 Å². The number of Topliss-reactive ketones (excluding diaryl/α,β-unsaturated/α-hetero) is 1. The average Bonchev–Trinajstić information content (AvgIpc) is 2.86. The van der Waals surface area contributed by atoms with Crippen molar-refractivity contribution in [3.8, 4) is 5.75 Å². The van der Waals surface area contributed by atoms with Gasteiger partial charge in [-0.2, -0.15) is 0 Å². The molecule has 0 radical (unpaired) electrons. The summed E-state index contributed by atoms with van der Waals surface area (Å²) in [6.45, 7) is 1.56. The summed E-state index contributed by atoms with van der Waals surface area (Å²) in [5.41, 5.74) is 0.0460. The van der Waals surface area contributed by atoms with Gasteiger partial charge >= 0.3 is 0 Å². The standard InChI is InChI=1S/C15H21IN2O6S/c1-4-5-10(20)13-15(24-2)14(21)11(16)12-9(17-25(3,22)23)6-8(7-19)18(12)13/h8-9,17,19H,4-7H2,1-3H3/t8-,9?/m0/s1. The second-order valence-electron chi connectivity index (χ2n) is 5.97. The van der Waals surface area contributed by atoms with E-state index in [0.29, 0.717) is 12.1 Å². The second-order valence-corrected chi connectivity index (χ2v) is 8.83. The molecular formula is C15H21IN2O6S. The number of sulfonamides is 1. The number of fused-ring (bicyclic) bond motifs is 1. The number of halogens is 1. The minimum Gasteiger partial charge on any atom is -0.491 e. The van der Waals surface area contributed by atoms with Gasteiger partial charge < -0.3 is 14.4 Å². The molecule has 2 rings (SSSR count). The van der Waals surface area contributed by atoms with Crippen molar-refractivity contribution in [2.24, 2.45) is 0 Å². The van der Waals surface area contributed by atoms with Gasteiger partial charge in [-0.05, 0) is 35.4 Å². The van der Waals surface area contributed by atoms with Crippen molar-refractivity contribution in [1.29, 1.82) is 0 Å². The van der Waals surface area contributed by atoms with E-state index in [1.807, 2.05) is 29.5 Å². The molecule has 10 heteroatoms. The minimum atomic E-state index is -3.54. The van der Waals surface area contributed by atoms with Crippen molar-refractivity contribution in [2.75, 3.05) is 20.0 Å². The van der Waals surface area contributed by atoms with Crippen LogP contribution in [0.3, 0.4) is 0 Å². The van der Waals surface area contributed by atoms with Crippen LogP contribution < -0.4 is 14.9 Å². The lowest BCUT2D eigenvalue weighted by Gasteiger charge is -2.21. The number of carbonyl (C=O) groups excluding carboxylic acids is 1. The van der Waals surface area contributed by atoms with Crippen LogP contribution >= 0.6 is 22.6 Å². The lowest BCUT2D eigenvalue weighted by molar-refractivity contribution is 0.0963. The molecule has 1 aromatic heterocycles. The largest absolute Gasteiger partial charge is 0.491 e. The van der Waals surface area contributed by atoms with Gasteiger partial charge in [-0.25, -0.2) is 13.1 Å². The fraction of sp³-hybridized carbons (Fsp3) is 0.600. The minimum absolute atomic E-state index is 0.0648. The summed E-state index contributed by atoms with van der Waals surface area (Å²) in [4.78, 5) is 25.3. The van der Waals surface area contributed by atoms with Gasteiger partial charge in [-0.1, -0.05) is 6.92 Å². The van der Waals surface area contributed by atoms with Gasteiger partial charge in [0.05, 0.1) is 41.3 Å². The molecule has 0 saturated heterocycles. The average molecular weight is 484 g/mol. The summed E-state index contributed by atoms with van der Waals surface area (Å²) >= 11 is 1.83. The molecule has 2 heterocycles. The molecule has 0 aromatic carbocycles. The van der Waals surface area contributed by atoms with Gasteiger partial charge in [0.25, 0.3) is 0 Å². The number of hydrogen-bond donors (Lipinski definition) is 2. The van der Waals surface area contributed by atoms with Crippen LogP contribution in [0, 0.1) is 3.57 Å². The number of carbonyl (C=O) groups is 1. The number of hydrogen-bond acceptors (Lipinski definition) is 6. The van der Waals surface area contributed by atoms with Crippen molar-refractivity contribution >= 4 is 38.4 Å². The van der Waals surface area contributed by atoms with Crippen LogP contribution in [0.5, 0.6) is 5.75 Å². The normalized spacial score (nSPS) is 19.7. The van der Waals surface area contributed by atoms with Crippen LogP contribution in [0.25, 0.3) is 0 Å². The zero-order valence-electron chi connectivity index (χ0n) is 14.2. The Morgan fingerprint density at radius 2 is 2.12 bits per heavy atom. The Bertz CT molecular complexity index is 849. The number of rotatable bonds is 7. The topological polar surface area (TPSA) is 115 Å². The molecule has 140 valence electrons. The SMILES string of the molecule is CCCC(=O)c1c(OC)c(=O)c(I)c2n1[C@H](CO)CC2NS(C)(=O)=O. The number of ketones is 1. The molecule has 2 N–H and O–H groups in total. The van der Waals surface area contributed by atoms with Crippen molar-refractivity contribution in [2.45, 2.75) is 38.3 Å². The Morgan fingerprint density at radius 3 is 2.60 bits per heavy atom. The van der Waals surface area contributed by atoms with Gasteiger partial charge in [0.1, 0.15) is 5.69 Å². The second kappa shape index (κ2) is 7.72. The summed E-state index contributed by atoms with van der Waals surface area (Å²) in [5.74, 6) is -0.336. The lowest BCUT2D eigenvalue weighted by Crippen LogP contribution is -2.30. The smallest absolute Gasteiger partial charge is 0.237 e. The molecule has 1 aliphatic rings. The molecule has 0 saturated carbocycles. The van der Waals surface area contributed by atoms with Gasteiger partial charge in [0.15, 0.2) is 11.5 Å². The van der Waals surface area contributed by atoms with E-state index in [-0.39, 0.29) is 40.2 Å². The highest BCUT2D eigenvalue weighted by molar-refractivity contribution is 14.1. The number of pyridine rings is 1. The van der Waals surface area contributed by atoms with E-state index in [0.717, 1.165) is 6.26 Å². The van der Waals surface area contributed by atoms with E-state index in [2.05, 4.69) is 4.72 Å². The first kappa shape index (κ1) is 20.3. The third-order valence-electron chi connectivity index (χ3n) is 4.06. The van der Waals surface area contributed by atoms with E-state index in [1.54, 1.807) is 4.57 Å². The quantitative estimate of drug-likeness (QED) is 0.441. The fourth-order valence-corrected chi connectivity index (χ4v) is 4.77. The Morgan fingerprint density at radius 1 is 1.48 bits per heavy atom. The molecule has 1 aliphatic heterocycles. The number of nitrogens with zero attached hydrogens (tertiary/aromatic N) is 1.